The number of rotatable bonds is 5. The lowest BCUT2D eigenvalue weighted by Crippen LogP contribution is -2.34. The second-order valence-corrected chi connectivity index (χ2v) is 6.86. The minimum atomic E-state index is -4.54. The van der Waals surface area contributed by atoms with Gasteiger partial charge in [0.25, 0.3) is 0 Å². The molecule has 142 valence electrons. The van der Waals surface area contributed by atoms with Crippen LogP contribution in [-0.4, -0.2) is 34.6 Å². The van der Waals surface area contributed by atoms with Crippen LogP contribution in [0.2, 0.25) is 0 Å². The quantitative estimate of drug-likeness (QED) is 0.750. The normalized spacial score (nSPS) is 14.8. The number of aliphatic hydroxyl groups is 2. The summed E-state index contributed by atoms with van der Waals surface area (Å²) in [5.74, 6) is 0. The van der Waals surface area contributed by atoms with Crippen LogP contribution in [0.25, 0.3) is 0 Å². The molecule has 0 saturated heterocycles. The molecular formula is C17H24F3NO4. The van der Waals surface area contributed by atoms with Gasteiger partial charge < -0.3 is 20.3 Å². The maximum Gasteiger partial charge on any atom is 0.416 e. The third-order valence-corrected chi connectivity index (χ3v) is 3.24. The standard InChI is InChI=1S/C17H24F3NO4/c1-10-7-11(9-12(8-10)17(18,19)20)14(23)13(22)5-6-21-15(24)25-16(2,3)4/h7-9,13-14,22-23H,5-6H2,1-4H3,(H,21,24). The molecule has 2 atom stereocenters. The molecule has 0 saturated carbocycles. The molecule has 0 aromatic heterocycles. The second-order valence-electron chi connectivity index (χ2n) is 6.86. The Hall–Kier alpha value is -1.80. The summed E-state index contributed by atoms with van der Waals surface area (Å²) in [6, 6.07) is 3.15. The number of ether oxygens (including phenoxy) is 1. The molecule has 8 heteroatoms. The third kappa shape index (κ3) is 7.31. The minimum Gasteiger partial charge on any atom is -0.444 e. The smallest absolute Gasteiger partial charge is 0.416 e. The summed E-state index contributed by atoms with van der Waals surface area (Å²) in [6.07, 6.45) is -8.09. The van der Waals surface area contributed by atoms with Crippen molar-refractivity contribution in [3.8, 4) is 0 Å². The Morgan fingerprint density at radius 2 is 1.80 bits per heavy atom. The van der Waals surface area contributed by atoms with E-state index in [0.29, 0.717) is 5.56 Å². The SMILES string of the molecule is Cc1cc(C(O)C(O)CCNC(=O)OC(C)(C)C)cc(C(F)(F)F)c1. The number of carbonyl (C=O) groups excluding carboxylic acids is 1. The van der Waals surface area contributed by atoms with Crippen LogP contribution < -0.4 is 5.32 Å². The van der Waals surface area contributed by atoms with Gasteiger partial charge in [-0.3, -0.25) is 0 Å². The predicted molar refractivity (Wildman–Crippen MR) is 86.0 cm³/mol. The molecule has 5 nitrogen and oxygen atoms in total. The van der Waals surface area contributed by atoms with Crippen molar-refractivity contribution in [1.82, 2.24) is 5.32 Å². The summed E-state index contributed by atoms with van der Waals surface area (Å²) >= 11 is 0. The fourth-order valence-electron chi connectivity index (χ4n) is 2.16. The van der Waals surface area contributed by atoms with E-state index in [0.717, 1.165) is 12.1 Å². The summed E-state index contributed by atoms with van der Waals surface area (Å²) in [5.41, 5.74) is -1.27. The highest BCUT2D eigenvalue weighted by Gasteiger charge is 2.32. The zero-order valence-electron chi connectivity index (χ0n) is 14.6. The second kappa shape index (κ2) is 8.05. The summed E-state index contributed by atoms with van der Waals surface area (Å²) < 4.78 is 43.5. The van der Waals surface area contributed by atoms with Crippen molar-refractivity contribution >= 4 is 6.09 Å². The van der Waals surface area contributed by atoms with Gasteiger partial charge in [-0.05, 0) is 51.8 Å². The molecule has 0 fully saturated rings. The Labute approximate surface area is 144 Å². The maximum atomic E-state index is 12.8. The Kier molecular flexibility index (Phi) is 6.84. The fourth-order valence-corrected chi connectivity index (χ4v) is 2.16. The van der Waals surface area contributed by atoms with Crippen LogP contribution >= 0.6 is 0 Å². The van der Waals surface area contributed by atoms with Crippen LogP contribution in [0.5, 0.6) is 0 Å². The summed E-state index contributed by atoms with van der Waals surface area (Å²) in [7, 11) is 0. The lowest BCUT2D eigenvalue weighted by molar-refractivity contribution is -0.137. The topological polar surface area (TPSA) is 78.8 Å². The third-order valence-electron chi connectivity index (χ3n) is 3.24. The van der Waals surface area contributed by atoms with E-state index >= 15 is 0 Å². The van der Waals surface area contributed by atoms with Gasteiger partial charge in [-0.15, -0.1) is 0 Å². The number of carbonyl (C=O) groups is 1. The molecule has 3 N–H and O–H groups in total. The van der Waals surface area contributed by atoms with Gasteiger partial charge in [-0.1, -0.05) is 11.6 Å². The van der Waals surface area contributed by atoms with Crippen molar-refractivity contribution in [2.45, 2.75) is 58.1 Å². The lowest BCUT2D eigenvalue weighted by atomic mass is 9.97. The van der Waals surface area contributed by atoms with Crippen molar-refractivity contribution in [2.24, 2.45) is 0 Å². The van der Waals surface area contributed by atoms with Crippen LogP contribution in [0.4, 0.5) is 18.0 Å². The van der Waals surface area contributed by atoms with E-state index in [-0.39, 0.29) is 18.5 Å². The average molecular weight is 363 g/mol. The van der Waals surface area contributed by atoms with Crippen LogP contribution in [0.15, 0.2) is 18.2 Å². The van der Waals surface area contributed by atoms with E-state index in [1.165, 1.54) is 13.0 Å². The number of nitrogens with one attached hydrogen (secondary N) is 1. The van der Waals surface area contributed by atoms with E-state index in [1.807, 2.05) is 0 Å². The van der Waals surface area contributed by atoms with Crippen molar-refractivity contribution < 1.29 is 32.9 Å². The molecule has 0 aliphatic rings. The highest BCUT2D eigenvalue weighted by molar-refractivity contribution is 5.67. The molecule has 2 unspecified atom stereocenters. The zero-order chi connectivity index (χ0) is 19.4. The van der Waals surface area contributed by atoms with Crippen molar-refractivity contribution in [1.29, 1.82) is 0 Å². The van der Waals surface area contributed by atoms with Crippen LogP contribution in [-0.2, 0) is 10.9 Å². The maximum absolute atomic E-state index is 12.8. The fraction of sp³-hybridized carbons (Fsp3) is 0.588. The van der Waals surface area contributed by atoms with Crippen molar-refractivity contribution in [3.05, 3.63) is 34.9 Å². The predicted octanol–water partition coefficient (Wildman–Crippen LogP) is 3.32. The Bertz CT molecular complexity index is 597. The van der Waals surface area contributed by atoms with Gasteiger partial charge in [-0.2, -0.15) is 13.2 Å². The number of hydrogen-bond donors (Lipinski definition) is 3. The van der Waals surface area contributed by atoms with E-state index in [9.17, 15) is 28.2 Å². The van der Waals surface area contributed by atoms with E-state index in [1.54, 1.807) is 20.8 Å². The van der Waals surface area contributed by atoms with Crippen molar-refractivity contribution in [3.63, 3.8) is 0 Å². The number of halogens is 3. The lowest BCUT2D eigenvalue weighted by Gasteiger charge is -2.22. The Morgan fingerprint density at radius 1 is 1.20 bits per heavy atom. The van der Waals surface area contributed by atoms with Gasteiger partial charge >= 0.3 is 12.3 Å². The highest BCUT2D eigenvalue weighted by atomic mass is 19.4. The first-order valence-corrected chi connectivity index (χ1v) is 7.81. The molecule has 0 spiro atoms. The van der Waals surface area contributed by atoms with Crippen LogP contribution in [0, 0.1) is 6.92 Å². The molecular weight excluding hydrogens is 339 g/mol. The average Bonchev–Trinajstić information content (AvgIpc) is 2.42. The summed E-state index contributed by atoms with van der Waals surface area (Å²) in [5, 5.41) is 22.5. The zero-order valence-corrected chi connectivity index (χ0v) is 14.6. The van der Waals surface area contributed by atoms with E-state index in [4.69, 9.17) is 4.74 Å². The molecule has 0 heterocycles. The van der Waals surface area contributed by atoms with Crippen molar-refractivity contribution in [2.75, 3.05) is 6.54 Å². The molecule has 0 aliphatic carbocycles. The molecule has 1 aromatic carbocycles. The number of amides is 1. The largest absolute Gasteiger partial charge is 0.444 e. The summed E-state index contributed by atoms with van der Waals surface area (Å²) in [6.45, 7) is 6.57. The number of aliphatic hydroxyl groups excluding tert-OH is 2. The van der Waals surface area contributed by atoms with Crippen LogP contribution in [0.3, 0.4) is 0 Å². The number of alkyl carbamates (subject to hydrolysis) is 1. The Balaban J connectivity index is 2.66. The van der Waals surface area contributed by atoms with Crippen LogP contribution in [0.1, 0.15) is 50.0 Å². The molecule has 1 aromatic rings. The molecule has 0 aliphatic heterocycles. The van der Waals surface area contributed by atoms with Gasteiger partial charge in [-0.25, -0.2) is 4.79 Å². The molecule has 0 radical (unpaired) electrons. The highest BCUT2D eigenvalue weighted by Crippen LogP contribution is 2.32. The van der Waals surface area contributed by atoms with Gasteiger partial charge in [0.2, 0.25) is 0 Å². The van der Waals surface area contributed by atoms with Gasteiger partial charge in [0, 0.05) is 6.54 Å². The number of benzene rings is 1. The minimum absolute atomic E-state index is 0.00504. The van der Waals surface area contributed by atoms with E-state index in [2.05, 4.69) is 5.32 Å². The molecule has 25 heavy (non-hydrogen) atoms. The molecule has 0 bridgehead atoms. The Morgan fingerprint density at radius 3 is 2.32 bits per heavy atom. The van der Waals surface area contributed by atoms with Gasteiger partial charge in [0.05, 0.1) is 11.7 Å². The first-order chi connectivity index (χ1) is 11.3. The molecule has 1 rings (SSSR count). The number of aryl methyl sites for hydroxylation is 1. The van der Waals surface area contributed by atoms with E-state index < -0.39 is 35.6 Å². The monoisotopic (exact) mass is 363 g/mol. The van der Waals surface area contributed by atoms with Gasteiger partial charge in [0.1, 0.15) is 11.7 Å². The molecule has 1 amide bonds. The number of alkyl halides is 3. The first kappa shape index (κ1) is 21.2. The first-order valence-electron chi connectivity index (χ1n) is 7.81. The number of hydrogen-bond acceptors (Lipinski definition) is 4. The summed E-state index contributed by atoms with van der Waals surface area (Å²) in [4.78, 5) is 11.5. The van der Waals surface area contributed by atoms with Gasteiger partial charge in [0.15, 0.2) is 0 Å².